The highest BCUT2D eigenvalue weighted by molar-refractivity contribution is 5.80. The number of hydrogen-bond acceptors (Lipinski definition) is 3. The van der Waals surface area contributed by atoms with E-state index in [0.29, 0.717) is 6.61 Å². The standard InChI is InChI=1S/C19H29NO3/c1-4-16-8-10-17(11-9-16)14(2)20-19(21)15(3)23-13-18-7-5-6-12-22-18/h8-11,14-15,18H,4-7,12-13H2,1-3H3,(H,20,21)/t14-,15-,18+/m0/s1. The summed E-state index contributed by atoms with van der Waals surface area (Å²) in [5, 5.41) is 3.02. The molecule has 0 radical (unpaired) electrons. The summed E-state index contributed by atoms with van der Waals surface area (Å²) in [4.78, 5) is 12.2. The largest absolute Gasteiger partial charge is 0.376 e. The maximum Gasteiger partial charge on any atom is 0.249 e. The minimum Gasteiger partial charge on any atom is -0.376 e. The van der Waals surface area contributed by atoms with Crippen molar-refractivity contribution in [2.45, 2.75) is 64.7 Å². The molecule has 0 aromatic heterocycles. The average molecular weight is 319 g/mol. The van der Waals surface area contributed by atoms with Crippen molar-refractivity contribution >= 4 is 5.91 Å². The van der Waals surface area contributed by atoms with Gasteiger partial charge in [0.2, 0.25) is 5.91 Å². The van der Waals surface area contributed by atoms with Crippen LogP contribution in [0.25, 0.3) is 0 Å². The third kappa shape index (κ3) is 5.63. The molecule has 0 saturated carbocycles. The number of ether oxygens (including phenoxy) is 2. The fraction of sp³-hybridized carbons (Fsp3) is 0.632. The number of hydrogen-bond donors (Lipinski definition) is 1. The van der Waals surface area contributed by atoms with E-state index in [1.165, 1.54) is 12.0 Å². The Balaban J connectivity index is 1.77. The van der Waals surface area contributed by atoms with Gasteiger partial charge in [-0.2, -0.15) is 0 Å². The number of nitrogens with one attached hydrogen (secondary N) is 1. The molecule has 1 saturated heterocycles. The molecule has 128 valence electrons. The van der Waals surface area contributed by atoms with Crippen molar-refractivity contribution < 1.29 is 14.3 Å². The molecule has 3 atom stereocenters. The van der Waals surface area contributed by atoms with Crippen molar-refractivity contribution in [2.24, 2.45) is 0 Å². The van der Waals surface area contributed by atoms with Gasteiger partial charge in [0.05, 0.1) is 18.8 Å². The van der Waals surface area contributed by atoms with Gasteiger partial charge in [-0.1, -0.05) is 31.2 Å². The van der Waals surface area contributed by atoms with Gasteiger partial charge in [0.25, 0.3) is 0 Å². The lowest BCUT2D eigenvalue weighted by molar-refractivity contribution is -0.136. The second-order valence-corrected chi connectivity index (χ2v) is 6.29. The molecule has 23 heavy (non-hydrogen) atoms. The number of aryl methyl sites for hydroxylation is 1. The molecular formula is C19H29NO3. The number of amides is 1. The highest BCUT2D eigenvalue weighted by Gasteiger charge is 2.20. The van der Waals surface area contributed by atoms with Crippen LogP contribution in [0, 0.1) is 0 Å². The molecule has 1 N–H and O–H groups in total. The van der Waals surface area contributed by atoms with Crippen molar-refractivity contribution in [3.05, 3.63) is 35.4 Å². The van der Waals surface area contributed by atoms with Gasteiger partial charge in [-0.25, -0.2) is 0 Å². The lowest BCUT2D eigenvalue weighted by Gasteiger charge is -2.24. The Morgan fingerprint density at radius 1 is 1.30 bits per heavy atom. The molecule has 1 aliphatic rings. The van der Waals surface area contributed by atoms with Gasteiger partial charge < -0.3 is 14.8 Å². The number of benzene rings is 1. The molecule has 1 heterocycles. The molecule has 0 spiro atoms. The van der Waals surface area contributed by atoms with E-state index in [1.807, 2.05) is 6.92 Å². The van der Waals surface area contributed by atoms with Gasteiger partial charge in [0.1, 0.15) is 6.10 Å². The van der Waals surface area contributed by atoms with Crippen LogP contribution in [0.5, 0.6) is 0 Å². The topological polar surface area (TPSA) is 47.6 Å². The molecule has 4 heteroatoms. The SMILES string of the molecule is CCc1ccc([C@H](C)NC(=O)[C@H](C)OC[C@H]2CCCCO2)cc1. The molecule has 0 bridgehead atoms. The Morgan fingerprint density at radius 3 is 2.65 bits per heavy atom. The van der Waals surface area contributed by atoms with Crippen molar-refractivity contribution in [3.63, 3.8) is 0 Å². The van der Waals surface area contributed by atoms with Gasteiger partial charge in [-0.3, -0.25) is 4.79 Å². The quantitative estimate of drug-likeness (QED) is 0.838. The lowest BCUT2D eigenvalue weighted by atomic mass is 10.0. The second kappa shape index (κ2) is 9.04. The molecule has 1 amide bonds. The van der Waals surface area contributed by atoms with Crippen LogP contribution in [0.4, 0.5) is 0 Å². The molecular weight excluding hydrogens is 290 g/mol. The summed E-state index contributed by atoms with van der Waals surface area (Å²) < 4.78 is 11.3. The fourth-order valence-electron chi connectivity index (χ4n) is 2.72. The monoisotopic (exact) mass is 319 g/mol. The minimum atomic E-state index is -0.460. The van der Waals surface area contributed by atoms with Crippen LogP contribution in [-0.4, -0.2) is 31.3 Å². The lowest BCUT2D eigenvalue weighted by Crippen LogP contribution is -2.38. The predicted octanol–water partition coefficient (Wildman–Crippen LogP) is 3.40. The van der Waals surface area contributed by atoms with E-state index >= 15 is 0 Å². The molecule has 1 fully saturated rings. The third-order valence-electron chi connectivity index (χ3n) is 4.42. The Bertz CT molecular complexity index is 480. The first kappa shape index (κ1) is 18.0. The van der Waals surface area contributed by atoms with Crippen LogP contribution in [-0.2, 0) is 20.7 Å². The predicted molar refractivity (Wildman–Crippen MR) is 91.4 cm³/mol. The van der Waals surface area contributed by atoms with Crippen LogP contribution >= 0.6 is 0 Å². The van der Waals surface area contributed by atoms with Crippen molar-refractivity contribution in [1.29, 1.82) is 0 Å². The van der Waals surface area contributed by atoms with Crippen LogP contribution in [0.2, 0.25) is 0 Å². The highest BCUT2D eigenvalue weighted by atomic mass is 16.5. The normalized spacial score (nSPS) is 20.7. The van der Waals surface area contributed by atoms with Gasteiger partial charge in [-0.15, -0.1) is 0 Å². The summed E-state index contributed by atoms with van der Waals surface area (Å²) in [5.41, 5.74) is 2.41. The van der Waals surface area contributed by atoms with E-state index in [-0.39, 0.29) is 18.1 Å². The Labute approximate surface area is 139 Å². The van der Waals surface area contributed by atoms with Crippen LogP contribution in [0.15, 0.2) is 24.3 Å². The Kier molecular flexibility index (Phi) is 7.06. The zero-order chi connectivity index (χ0) is 16.7. The van der Waals surface area contributed by atoms with Gasteiger partial charge in [-0.05, 0) is 50.7 Å². The highest BCUT2D eigenvalue weighted by Crippen LogP contribution is 2.15. The molecule has 1 aliphatic heterocycles. The zero-order valence-electron chi connectivity index (χ0n) is 14.5. The molecule has 2 rings (SSSR count). The van der Waals surface area contributed by atoms with Crippen LogP contribution < -0.4 is 5.32 Å². The van der Waals surface area contributed by atoms with Crippen LogP contribution in [0.1, 0.15) is 57.2 Å². The first-order valence-corrected chi connectivity index (χ1v) is 8.72. The summed E-state index contributed by atoms with van der Waals surface area (Å²) in [6, 6.07) is 8.35. The molecule has 1 aromatic carbocycles. The van der Waals surface area contributed by atoms with Crippen molar-refractivity contribution in [1.82, 2.24) is 5.32 Å². The van der Waals surface area contributed by atoms with Crippen molar-refractivity contribution in [2.75, 3.05) is 13.2 Å². The molecule has 0 unspecified atom stereocenters. The maximum absolute atomic E-state index is 12.2. The first-order chi connectivity index (χ1) is 11.1. The van der Waals surface area contributed by atoms with E-state index in [1.54, 1.807) is 6.92 Å². The second-order valence-electron chi connectivity index (χ2n) is 6.29. The summed E-state index contributed by atoms with van der Waals surface area (Å²) in [6.45, 7) is 7.23. The van der Waals surface area contributed by atoms with Gasteiger partial charge in [0.15, 0.2) is 0 Å². The van der Waals surface area contributed by atoms with Gasteiger partial charge in [0, 0.05) is 6.61 Å². The number of carbonyl (C=O) groups excluding carboxylic acids is 1. The van der Waals surface area contributed by atoms with Crippen molar-refractivity contribution in [3.8, 4) is 0 Å². The summed E-state index contributed by atoms with van der Waals surface area (Å²) in [5.74, 6) is -0.0760. The number of carbonyl (C=O) groups is 1. The summed E-state index contributed by atoms with van der Waals surface area (Å²) >= 11 is 0. The Morgan fingerprint density at radius 2 is 2.04 bits per heavy atom. The Hall–Kier alpha value is -1.39. The van der Waals surface area contributed by atoms with Crippen LogP contribution in [0.3, 0.4) is 0 Å². The summed E-state index contributed by atoms with van der Waals surface area (Å²) in [7, 11) is 0. The van der Waals surface area contributed by atoms with E-state index in [9.17, 15) is 4.79 Å². The maximum atomic E-state index is 12.2. The van der Waals surface area contributed by atoms with E-state index < -0.39 is 6.10 Å². The van der Waals surface area contributed by atoms with Gasteiger partial charge >= 0.3 is 0 Å². The molecule has 4 nitrogen and oxygen atoms in total. The van der Waals surface area contributed by atoms with E-state index in [4.69, 9.17) is 9.47 Å². The van der Waals surface area contributed by atoms with E-state index in [0.717, 1.165) is 31.4 Å². The smallest absolute Gasteiger partial charge is 0.249 e. The zero-order valence-corrected chi connectivity index (χ0v) is 14.5. The summed E-state index contributed by atoms with van der Waals surface area (Å²) in [6.07, 6.45) is 4.03. The van der Waals surface area contributed by atoms with E-state index in [2.05, 4.69) is 36.5 Å². The minimum absolute atomic E-state index is 0.0228. The third-order valence-corrected chi connectivity index (χ3v) is 4.42. The number of rotatable bonds is 7. The molecule has 0 aliphatic carbocycles. The first-order valence-electron chi connectivity index (χ1n) is 8.72. The fourth-order valence-corrected chi connectivity index (χ4v) is 2.72. The molecule has 1 aromatic rings. The average Bonchev–Trinajstić information content (AvgIpc) is 2.60.